The zero-order valence-corrected chi connectivity index (χ0v) is 19.9. The fourth-order valence-corrected chi connectivity index (χ4v) is 4.02. The predicted octanol–water partition coefficient (Wildman–Crippen LogP) is 3.63. The van der Waals surface area contributed by atoms with E-state index in [-0.39, 0.29) is 24.7 Å². The van der Waals surface area contributed by atoms with Gasteiger partial charge >= 0.3 is 12.2 Å². The number of amides is 2. The number of halogens is 3. The Balaban J connectivity index is 1.64. The second-order valence-electron chi connectivity index (χ2n) is 8.39. The fraction of sp³-hybridized carbons (Fsp3) is 0.455. The van der Waals surface area contributed by atoms with Gasteiger partial charge < -0.3 is 20.6 Å². The highest BCUT2D eigenvalue weighted by Gasteiger charge is 2.34. The molecule has 1 aliphatic rings. The lowest BCUT2D eigenvalue weighted by Gasteiger charge is -2.33. The Morgan fingerprint density at radius 3 is 2.51 bits per heavy atom. The average Bonchev–Trinajstić information content (AvgIpc) is 2.79. The molecule has 5 N–H and O–H groups in total. The van der Waals surface area contributed by atoms with Crippen LogP contribution in [0.4, 0.5) is 29.5 Å². The molecule has 3 rings (SSSR count). The Kier molecular flexibility index (Phi) is 8.92. The molecule has 1 aliphatic heterocycles. The van der Waals surface area contributed by atoms with E-state index >= 15 is 0 Å². The van der Waals surface area contributed by atoms with E-state index in [9.17, 15) is 27.3 Å². The van der Waals surface area contributed by atoms with E-state index in [1.54, 1.807) is 12.1 Å². The molecule has 1 atom stereocenters. The van der Waals surface area contributed by atoms with Crippen LogP contribution in [0.2, 0.25) is 0 Å². The number of hydrogen-bond donors (Lipinski definition) is 5. The van der Waals surface area contributed by atoms with Gasteiger partial charge in [0, 0.05) is 43.5 Å². The molecule has 13 heteroatoms. The van der Waals surface area contributed by atoms with E-state index in [1.807, 2.05) is 4.90 Å². The lowest BCUT2D eigenvalue weighted by atomic mass is 9.99. The molecule has 1 saturated heterocycles. The summed E-state index contributed by atoms with van der Waals surface area (Å²) >= 11 is -2.15. The van der Waals surface area contributed by atoms with Crippen molar-refractivity contribution in [1.82, 2.24) is 15.0 Å². The number of phenols is 1. The van der Waals surface area contributed by atoms with E-state index in [0.29, 0.717) is 42.2 Å². The highest BCUT2D eigenvalue weighted by molar-refractivity contribution is 7.77. The number of carbonyl (C=O) groups is 1. The summed E-state index contributed by atoms with van der Waals surface area (Å²) in [5.41, 5.74) is 0.313. The minimum atomic E-state index is -4.57. The van der Waals surface area contributed by atoms with Crippen molar-refractivity contribution in [3.63, 3.8) is 0 Å². The zero-order chi connectivity index (χ0) is 25.6. The Bertz CT molecular complexity index is 1060. The van der Waals surface area contributed by atoms with E-state index < -0.39 is 29.2 Å². The quantitative estimate of drug-likeness (QED) is 0.342. The number of aromatic hydroxyl groups is 1. The Hall–Kier alpha value is -2.90. The molecule has 0 bridgehead atoms. The number of rotatable bonds is 8. The Morgan fingerprint density at radius 1 is 1.20 bits per heavy atom. The molecule has 2 heterocycles. The van der Waals surface area contributed by atoms with Crippen molar-refractivity contribution in [2.45, 2.75) is 38.9 Å². The highest BCUT2D eigenvalue weighted by atomic mass is 32.2. The predicted molar refractivity (Wildman–Crippen MR) is 126 cm³/mol. The number of benzene rings is 1. The van der Waals surface area contributed by atoms with Gasteiger partial charge in [-0.2, -0.15) is 13.2 Å². The number of hydrogen-bond acceptors (Lipinski definition) is 5. The SMILES string of the molecule is CC1CCN(c2nc(C(F)(F)F)ccc2CNC(=O)Nc2ccc(CCNS(=O)O)c(O)c2)CC1. The van der Waals surface area contributed by atoms with E-state index in [4.69, 9.17) is 4.55 Å². The van der Waals surface area contributed by atoms with Crippen molar-refractivity contribution >= 4 is 28.8 Å². The lowest BCUT2D eigenvalue weighted by molar-refractivity contribution is -0.141. The number of nitrogens with one attached hydrogen (secondary N) is 3. The number of carbonyl (C=O) groups excluding carboxylic acids is 1. The van der Waals surface area contributed by atoms with Crippen molar-refractivity contribution in [2.75, 3.05) is 29.9 Å². The molecule has 0 aliphatic carbocycles. The maximum absolute atomic E-state index is 13.2. The normalized spacial score (nSPS) is 15.6. The molecular formula is C22H28F3N5O4S. The van der Waals surface area contributed by atoms with Crippen LogP contribution in [-0.4, -0.2) is 44.5 Å². The molecule has 0 radical (unpaired) electrons. The van der Waals surface area contributed by atoms with Crippen LogP contribution in [0.5, 0.6) is 5.75 Å². The van der Waals surface area contributed by atoms with Gasteiger partial charge in [0.25, 0.3) is 0 Å². The Labute approximate surface area is 203 Å². The van der Waals surface area contributed by atoms with Crippen LogP contribution >= 0.6 is 0 Å². The van der Waals surface area contributed by atoms with Crippen LogP contribution in [0.1, 0.15) is 36.6 Å². The maximum Gasteiger partial charge on any atom is 0.433 e. The van der Waals surface area contributed by atoms with Gasteiger partial charge in [-0.25, -0.2) is 18.7 Å². The van der Waals surface area contributed by atoms with Crippen LogP contribution in [-0.2, 0) is 30.4 Å². The first kappa shape index (κ1) is 26.7. The van der Waals surface area contributed by atoms with Gasteiger partial charge in [0.15, 0.2) is 0 Å². The largest absolute Gasteiger partial charge is 0.508 e. The first-order valence-corrected chi connectivity index (χ1v) is 12.2. The summed E-state index contributed by atoms with van der Waals surface area (Å²) in [6, 6.07) is 6.10. The number of alkyl halides is 3. The minimum absolute atomic E-state index is 0.0353. The van der Waals surface area contributed by atoms with Gasteiger partial charge in [0.1, 0.15) is 17.3 Å². The van der Waals surface area contributed by atoms with Gasteiger partial charge in [0.05, 0.1) is 0 Å². The van der Waals surface area contributed by atoms with Gasteiger partial charge in [-0.3, -0.25) is 4.55 Å². The summed E-state index contributed by atoms with van der Waals surface area (Å²) in [5, 5.41) is 15.3. The number of piperidine rings is 1. The van der Waals surface area contributed by atoms with Crippen molar-refractivity contribution in [3.8, 4) is 5.75 Å². The maximum atomic E-state index is 13.2. The summed E-state index contributed by atoms with van der Waals surface area (Å²) in [6.45, 7) is 3.41. The minimum Gasteiger partial charge on any atom is -0.508 e. The van der Waals surface area contributed by atoms with Crippen molar-refractivity contribution in [1.29, 1.82) is 0 Å². The fourth-order valence-electron chi connectivity index (χ4n) is 3.74. The Morgan fingerprint density at radius 2 is 1.89 bits per heavy atom. The van der Waals surface area contributed by atoms with Crippen LogP contribution < -0.4 is 20.3 Å². The van der Waals surface area contributed by atoms with E-state index in [0.717, 1.165) is 18.9 Å². The standard InChI is InChI=1S/C22H28F3N5O4S/c1-14-7-10-30(11-8-14)20-16(3-5-19(29-20)22(23,24)25)13-26-21(32)28-17-4-2-15(18(31)12-17)6-9-27-35(33)34/h2-5,12,14,27,31H,6-11,13H2,1H3,(H,33,34)(H2,26,28,32). The third-order valence-corrected chi connectivity index (χ3v) is 6.18. The zero-order valence-electron chi connectivity index (χ0n) is 19.1. The van der Waals surface area contributed by atoms with Crippen LogP contribution in [0.25, 0.3) is 0 Å². The van der Waals surface area contributed by atoms with Crippen molar-refractivity contribution in [2.24, 2.45) is 5.92 Å². The van der Waals surface area contributed by atoms with E-state index in [2.05, 4.69) is 27.3 Å². The lowest BCUT2D eigenvalue weighted by Crippen LogP contribution is -2.35. The number of urea groups is 1. The monoisotopic (exact) mass is 515 g/mol. The molecule has 1 unspecified atom stereocenters. The second-order valence-corrected chi connectivity index (χ2v) is 9.18. The van der Waals surface area contributed by atoms with Crippen molar-refractivity contribution < 1.29 is 31.8 Å². The molecular weight excluding hydrogens is 487 g/mol. The van der Waals surface area contributed by atoms with Crippen LogP contribution in [0.3, 0.4) is 0 Å². The first-order valence-electron chi connectivity index (χ1n) is 11.1. The molecule has 0 spiro atoms. The summed E-state index contributed by atoms with van der Waals surface area (Å²) in [5.74, 6) is 0.607. The van der Waals surface area contributed by atoms with Gasteiger partial charge in [-0.05, 0) is 42.9 Å². The molecule has 9 nitrogen and oxygen atoms in total. The molecule has 1 aromatic heterocycles. The second kappa shape index (κ2) is 11.7. The molecule has 2 amide bonds. The van der Waals surface area contributed by atoms with Crippen LogP contribution in [0, 0.1) is 5.92 Å². The molecule has 1 aromatic carbocycles. The number of nitrogens with zero attached hydrogens (tertiary/aromatic N) is 2. The summed E-state index contributed by atoms with van der Waals surface area (Å²) in [7, 11) is 0. The molecule has 2 aromatic rings. The molecule has 0 saturated carbocycles. The van der Waals surface area contributed by atoms with Crippen LogP contribution in [0.15, 0.2) is 30.3 Å². The van der Waals surface area contributed by atoms with Gasteiger partial charge in [-0.15, -0.1) is 0 Å². The third-order valence-electron chi connectivity index (χ3n) is 5.73. The highest BCUT2D eigenvalue weighted by Crippen LogP contribution is 2.32. The van der Waals surface area contributed by atoms with Crippen molar-refractivity contribution in [3.05, 3.63) is 47.2 Å². The number of anilines is 2. The molecule has 1 fully saturated rings. The third kappa shape index (κ3) is 7.80. The topological polar surface area (TPSA) is 127 Å². The molecule has 192 valence electrons. The van der Waals surface area contributed by atoms with Gasteiger partial charge in [-0.1, -0.05) is 19.1 Å². The van der Waals surface area contributed by atoms with E-state index in [1.165, 1.54) is 12.1 Å². The van der Waals surface area contributed by atoms with Gasteiger partial charge in [0.2, 0.25) is 11.3 Å². The number of pyridine rings is 1. The number of phenolic OH excluding ortho intramolecular Hbond substituents is 1. The number of aromatic nitrogens is 1. The summed E-state index contributed by atoms with van der Waals surface area (Å²) < 4.78 is 61.4. The first-order chi connectivity index (χ1) is 16.5. The smallest absolute Gasteiger partial charge is 0.433 e. The summed E-state index contributed by atoms with van der Waals surface area (Å²) in [6.07, 6.45) is -2.58. The molecule has 35 heavy (non-hydrogen) atoms. The average molecular weight is 516 g/mol. The summed E-state index contributed by atoms with van der Waals surface area (Å²) in [4.78, 5) is 18.1.